The molecule has 0 aliphatic carbocycles. The first-order valence-electron chi connectivity index (χ1n) is 9.61. The van der Waals surface area contributed by atoms with E-state index in [1.54, 1.807) is 7.05 Å². The Morgan fingerprint density at radius 2 is 1.90 bits per heavy atom. The lowest BCUT2D eigenvalue weighted by atomic mass is 9.98. The minimum absolute atomic E-state index is 0.0567. The lowest BCUT2D eigenvalue weighted by Gasteiger charge is -2.31. The van der Waals surface area contributed by atoms with Crippen molar-refractivity contribution in [1.82, 2.24) is 20.1 Å². The second kappa shape index (κ2) is 9.79. The predicted octanol–water partition coefficient (Wildman–Crippen LogP) is 2.03. The highest BCUT2D eigenvalue weighted by atomic mass is 32.2. The van der Waals surface area contributed by atoms with Crippen LogP contribution in [-0.2, 0) is 29.4 Å². The van der Waals surface area contributed by atoms with Crippen molar-refractivity contribution in [2.24, 2.45) is 10.9 Å². The average Bonchev–Trinajstić information content (AvgIpc) is 3.09. The zero-order valence-electron chi connectivity index (χ0n) is 16.8. The number of aromatic nitrogens is 1. The molecule has 1 saturated heterocycles. The Labute approximate surface area is 169 Å². The fourth-order valence-electron chi connectivity index (χ4n) is 3.27. The van der Waals surface area contributed by atoms with E-state index in [0.29, 0.717) is 36.2 Å². The predicted molar refractivity (Wildman–Crippen MR) is 103 cm³/mol. The van der Waals surface area contributed by atoms with Gasteiger partial charge in [-0.05, 0) is 25.2 Å². The summed E-state index contributed by atoms with van der Waals surface area (Å²) >= 11 is 0. The van der Waals surface area contributed by atoms with Crippen LogP contribution >= 0.6 is 0 Å². The molecule has 0 bridgehead atoms. The number of sulfonamides is 1. The van der Waals surface area contributed by atoms with Crippen LogP contribution in [0.1, 0.15) is 43.7 Å². The topological polar surface area (TPSA) is 99.8 Å². The lowest BCUT2D eigenvalue weighted by molar-refractivity contribution is -0.0496. The molecule has 0 unspecified atom stereocenters. The highest BCUT2D eigenvalue weighted by Crippen LogP contribution is 2.30. The molecule has 166 valence electrons. The van der Waals surface area contributed by atoms with Gasteiger partial charge >= 0.3 is 15.5 Å². The number of halogens is 3. The number of nitrogens with one attached hydrogen (secondary N) is 2. The third-order valence-electron chi connectivity index (χ3n) is 5.03. The Hall–Kier alpha value is -1.82. The number of hydrogen-bond acceptors (Lipinski definition) is 5. The Kier molecular flexibility index (Phi) is 7.92. The number of aliphatic imine (C=N–C) groups is 1. The number of aryl methyl sites for hydroxylation is 2. The van der Waals surface area contributed by atoms with Crippen LogP contribution in [-0.4, -0.2) is 56.0 Å². The molecule has 29 heavy (non-hydrogen) atoms. The molecule has 0 amide bonds. The third kappa shape index (κ3) is 5.62. The first-order valence-corrected chi connectivity index (χ1v) is 11.0. The van der Waals surface area contributed by atoms with E-state index in [2.05, 4.69) is 20.8 Å². The van der Waals surface area contributed by atoms with Crippen LogP contribution in [0.3, 0.4) is 0 Å². The van der Waals surface area contributed by atoms with Gasteiger partial charge in [0.15, 0.2) is 5.96 Å². The van der Waals surface area contributed by atoms with Crippen molar-refractivity contribution < 1.29 is 26.1 Å². The number of guanidine groups is 1. The first-order chi connectivity index (χ1) is 13.6. The molecule has 1 aliphatic heterocycles. The molecule has 0 saturated carbocycles. The van der Waals surface area contributed by atoms with Crippen LogP contribution in [0.15, 0.2) is 9.52 Å². The fraction of sp³-hybridized carbons (Fsp3) is 0.765. The smallest absolute Gasteiger partial charge is 0.361 e. The van der Waals surface area contributed by atoms with Gasteiger partial charge in [0.25, 0.3) is 0 Å². The maximum atomic E-state index is 12.6. The van der Waals surface area contributed by atoms with Gasteiger partial charge in [0.2, 0.25) is 0 Å². The molecule has 2 rings (SSSR count). The lowest BCUT2D eigenvalue weighted by Crippen LogP contribution is -2.47. The molecular formula is C17H28F3N5O3S. The Morgan fingerprint density at radius 3 is 2.41 bits per heavy atom. The second-order valence-electron chi connectivity index (χ2n) is 6.84. The summed E-state index contributed by atoms with van der Waals surface area (Å²) in [6.45, 7) is 4.70. The summed E-state index contributed by atoms with van der Waals surface area (Å²) in [4.78, 5) is 4.16. The normalized spacial score (nSPS) is 17.5. The second-order valence-corrected chi connectivity index (χ2v) is 8.77. The molecule has 2 N–H and O–H groups in total. The van der Waals surface area contributed by atoms with E-state index in [4.69, 9.17) is 4.52 Å². The number of hydrogen-bond donors (Lipinski definition) is 2. The van der Waals surface area contributed by atoms with Crippen LogP contribution in [0.5, 0.6) is 0 Å². The molecular weight excluding hydrogens is 411 g/mol. The fourth-order valence-corrected chi connectivity index (χ4v) is 4.26. The van der Waals surface area contributed by atoms with Crippen LogP contribution in [0.2, 0.25) is 0 Å². The largest absolute Gasteiger partial charge is 0.511 e. The maximum Gasteiger partial charge on any atom is 0.511 e. The van der Waals surface area contributed by atoms with E-state index in [1.165, 1.54) is 0 Å². The van der Waals surface area contributed by atoms with Crippen molar-refractivity contribution in [2.45, 2.75) is 51.6 Å². The van der Waals surface area contributed by atoms with E-state index in [0.717, 1.165) is 29.9 Å². The molecule has 1 fully saturated rings. The molecule has 0 aromatic carbocycles. The Morgan fingerprint density at radius 1 is 1.24 bits per heavy atom. The van der Waals surface area contributed by atoms with Gasteiger partial charge in [-0.3, -0.25) is 4.99 Å². The van der Waals surface area contributed by atoms with Gasteiger partial charge in [0.05, 0.1) is 5.69 Å². The average molecular weight is 440 g/mol. The minimum atomic E-state index is -5.25. The minimum Gasteiger partial charge on any atom is -0.361 e. The summed E-state index contributed by atoms with van der Waals surface area (Å²) in [5.41, 5.74) is -3.35. The van der Waals surface area contributed by atoms with Gasteiger partial charge in [0.1, 0.15) is 5.76 Å². The Bertz CT molecular complexity index is 778. The number of nitrogens with zero attached hydrogens (tertiary/aromatic N) is 3. The molecule has 8 nitrogen and oxygen atoms in total. The van der Waals surface area contributed by atoms with Gasteiger partial charge in [-0.15, -0.1) is 0 Å². The summed E-state index contributed by atoms with van der Waals surface area (Å²) in [7, 11) is -3.62. The van der Waals surface area contributed by atoms with Gasteiger partial charge in [-0.2, -0.15) is 17.5 Å². The van der Waals surface area contributed by atoms with Crippen LogP contribution in [0.4, 0.5) is 13.2 Å². The summed E-state index contributed by atoms with van der Waals surface area (Å²) in [6.07, 6.45) is 2.19. The number of piperidine rings is 1. The summed E-state index contributed by atoms with van der Waals surface area (Å²) < 4.78 is 66.7. The van der Waals surface area contributed by atoms with Crippen molar-refractivity contribution in [3.05, 3.63) is 17.0 Å². The number of alkyl halides is 3. The first kappa shape index (κ1) is 23.5. The van der Waals surface area contributed by atoms with Crippen molar-refractivity contribution in [1.29, 1.82) is 0 Å². The van der Waals surface area contributed by atoms with Crippen LogP contribution in [0.25, 0.3) is 0 Å². The third-order valence-corrected chi connectivity index (χ3v) is 6.66. The zero-order chi connectivity index (χ0) is 21.7. The highest BCUT2D eigenvalue weighted by Gasteiger charge is 2.50. The molecule has 1 aliphatic rings. The molecule has 2 heterocycles. The van der Waals surface area contributed by atoms with E-state index < -0.39 is 15.5 Å². The molecule has 1 aromatic heterocycles. The Balaban J connectivity index is 1.83. The number of rotatable bonds is 7. The van der Waals surface area contributed by atoms with Gasteiger partial charge in [-0.25, -0.2) is 8.42 Å². The van der Waals surface area contributed by atoms with E-state index in [1.807, 2.05) is 13.8 Å². The SMILES string of the molecule is CCc1noc(CC)c1CNC(=NC)NCC1CCN(S(=O)(=O)C(F)(F)F)CC1. The standard InChI is InChI=1S/C17H28F3N5O3S/c1-4-14-13(15(5-2)28-24-14)11-23-16(21-3)22-10-12-6-8-25(9-7-12)29(26,27)17(18,19)20/h12H,4-11H2,1-3H3,(H2,21,22,23). The quantitative estimate of drug-likeness (QED) is 0.498. The molecule has 12 heteroatoms. The summed E-state index contributed by atoms with van der Waals surface area (Å²) in [5, 5.41) is 10.4. The zero-order valence-corrected chi connectivity index (χ0v) is 17.7. The van der Waals surface area contributed by atoms with Crippen LogP contribution < -0.4 is 10.6 Å². The van der Waals surface area contributed by atoms with Gasteiger partial charge in [0, 0.05) is 45.2 Å². The van der Waals surface area contributed by atoms with E-state index >= 15 is 0 Å². The molecule has 0 spiro atoms. The van der Waals surface area contributed by atoms with Gasteiger partial charge < -0.3 is 15.2 Å². The van der Waals surface area contributed by atoms with Crippen molar-refractivity contribution in [3.8, 4) is 0 Å². The highest BCUT2D eigenvalue weighted by molar-refractivity contribution is 7.90. The van der Waals surface area contributed by atoms with Crippen LogP contribution in [0, 0.1) is 5.92 Å². The summed E-state index contributed by atoms with van der Waals surface area (Å²) in [5.74, 6) is 1.44. The summed E-state index contributed by atoms with van der Waals surface area (Å²) in [6, 6.07) is 0. The molecule has 1 aromatic rings. The van der Waals surface area contributed by atoms with Crippen molar-refractivity contribution >= 4 is 16.0 Å². The van der Waals surface area contributed by atoms with Gasteiger partial charge in [-0.1, -0.05) is 19.0 Å². The molecule has 0 radical (unpaired) electrons. The van der Waals surface area contributed by atoms with Crippen molar-refractivity contribution in [3.63, 3.8) is 0 Å². The van der Waals surface area contributed by atoms with Crippen molar-refractivity contribution in [2.75, 3.05) is 26.7 Å². The maximum absolute atomic E-state index is 12.6. The van der Waals surface area contributed by atoms with E-state index in [9.17, 15) is 21.6 Å². The van der Waals surface area contributed by atoms with E-state index in [-0.39, 0.29) is 19.0 Å². The molecule has 0 atom stereocenters. The monoisotopic (exact) mass is 439 g/mol.